The predicted molar refractivity (Wildman–Crippen MR) is 44.6 cm³/mol. The lowest BCUT2D eigenvalue weighted by molar-refractivity contribution is 0.401. The van der Waals surface area contributed by atoms with Gasteiger partial charge in [-0.1, -0.05) is 13.2 Å². The molecule has 0 aromatic carbocycles. The summed E-state index contributed by atoms with van der Waals surface area (Å²) in [5.41, 5.74) is 0.819. The third-order valence-electron chi connectivity index (χ3n) is 0.904. The summed E-state index contributed by atoms with van der Waals surface area (Å²) in [7, 11) is 1.77. The van der Waals surface area contributed by atoms with Crippen LogP contribution in [0.5, 0.6) is 0 Å². The fourth-order valence-electron chi connectivity index (χ4n) is 0.531. The van der Waals surface area contributed by atoms with Crippen LogP contribution >= 0.6 is 0 Å². The first-order valence-corrected chi connectivity index (χ1v) is 2.96. The average Bonchev–Trinajstić information content (AvgIpc) is 1.86. The van der Waals surface area contributed by atoms with Gasteiger partial charge in [-0.2, -0.15) is 0 Å². The second-order valence-corrected chi connectivity index (χ2v) is 1.92. The fraction of sp³-hybridized carbons (Fsp3) is 0.286. The molecule has 0 atom stereocenters. The largest absolute Gasteiger partial charge is 0.269 e. The van der Waals surface area contributed by atoms with E-state index in [-0.39, 0.29) is 0 Å². The molecule has 0 saturated heterocycles. The Bertz CT molecular complexity index is 147. The van der Waals surface area contributed by atoms with Crippen LogP contribution in [0.2, 0.25) is 0 Å². The van der Waals surface area contributed by atoms with E-state index in [9.17, 15) is 0 Å². The molecule has 0 aliphatic heterocycles. The van der Waals surface area contributed by atoms with E-state index in [0.29, 0.717) is 6.54 Å². The number of hydrazine groups is 1. The van der Waals surface area contributed by atoms with Crippen molar-refractivity contribution >= 4 is 5.71 Å². The first kappa shape index (κ1) is 9.07. The molecule has 0 heterocycles. The third-order valence-corrected chi connectivity index (χ3v) is 0.904. The molecule has 3 nitrogen and oxygen atoms in total. The highest BCUT2D eigenvalue weighted by Gasteiger charge is 1.93. The van der Waals surface area contributed by atoms with E-state index >= 15 is 0 Å². The number of aliphatic imine (C=N–C) groups is 1. The first-order valence-electron chi connectivity index (χ1n) is 2.96. The quantitative estimate of drug-likeness (QED) is 0.351. The molecule has 0 aliphatic carbocycles. The molecule has 0 saturated carbocycles. The summed E-state index contributed by atoms with van der Waals surface area (Å²) in [4.78, 5) is 3.92. The van der Waals surface area contributed by atoms with Crippen LogP contribution in [-0.2, 0) is 0 Å². The fourth-order valence-corrected chi connectivity index (χ4v) is 0.531. The van der Waals surface area contributed by atoms with Crippen LogP contribution in [0.15, 0.2) is 30.4 Å². The molecule has 10 heavy (non-hydrogen) atoms. The Morgan fingerprint density at radius 1 is 1.70 bits per heavy atom. The Hall–Kier alpha value is -0.930. The van der Waals surface area contributed by atoms with Gasteiger partial charge in [0.1, 0.15) is 0 Å². The van der Waals surface area contributed by atoms with E-state index < -0.39 is 0 Å². The summed E-state index contributed by atoms with van der Waals surface area (Å²) in [6.45, 7) is 7.63. The maximum absolute atomic E-state index is 5.37. The van der Waals surface area contributed by atoms with Gasteiger partial charge in [0.15, 0.2) is 0 Å². The Balaban J connectivity index is 3.95. The highest BCUT2D eigenvalue weighted by atomic mass is 15.4. The summed E-state index contributed by atoms with van der Waals surface area (Å²) >= 11 is 0. The maximum atomic E-state index is 5.37. The molecule has 3 heteroatoms. The normalized spacial score (nSPS) is 11.7. The lowest BCUT2D eigenvalue weighted by Crippen LogP contribution is -2.31. The summed E-state index contributed by atoms with van der Waals surface area (Å²) in [5.74, 6) is 5.37. The Morgan fingerprint density at radius 2 is 2.30 bits per heavy atom. The van der Waals surface area contributed by atoms with Gasteiger partial charge in [-0.05, 0) is 6.08 Å². The van der Waals surface area contributed by atoms with E-state index in [1.165, 1.54) is 11.2 Å². The molecule has 0 aromatic rings. The van der Waals surface area contributed by atoms with Gasteiger partial charge in [0.25, 0.3) is 0 Å². The molecule has 0 rings (SSSR count). The number of rotatable bonds is 4. The molecular weight excluding hydrogens is 126 g/mol. The molecule has 0 spiro atoms. The van der Waals surface area contributed by atoms with Crippen molar-refractivity contribution in [2.75, 3.05) is 13.6 Å². The van der Waals surface area contributed by atoms with Crippen molar-refractivity contribution in [3.05, 3.63) is 25.4 Å². The van der Waals surface area contributed by atoms with Crippen molar-refractivity contribution in [2.45, 2.75) is 0 Å². The number of hydrogen-bond acceptors (Lipinski definition) is 3. The second kappa shape index (κ2) is 4.90. The van der Waals surface area contributed by atoms with Crippen LogP contribution in [0.3, 0.4) is 0 Å². The maximum Gasteiger partial charge on any atom is 0.0552 e. The van der Waals surface area contributed by atoms with Crippen LogP contribution < -0.4 is 5.84 Å². The molecule has 0 fully saturated rings. The minimum Gasteiger partial charge on any atom is -0.269 e. The summed E-state index contributed by atoms with van der Waals surface area (Å²) < 4.78 is 0. The van der Waals surface area contributed by atoms with Gasteiger partial charge >= 0.3 is 0 Å². The highest BCUT2D eigenvalue weighted by Crippen LogP contribution is 1.82. The van der Waals surface area contributed by atoms with Gasteiger partial charge in [0.2, 0.25) is 0 Å². The van der Waals surface area contributed by atoms with Crippen LogP contribution in [0, 0.1) is 0 Å². The standard InChI is InChI=1S/C7H13N3/c1-4-7(9-5-2)6-10(3)8/h4-5H,1-2,6,8H2,3H3. The summed E-state index contributed by atoms with van der Waals surface area (Å²) in [6, 6.07) is 0. The van der Waals surface area contributed by atoms with E-state index in [4.69, 9.17) is 5.84 Å². The van der Waals surface area contributed by atoms with Crippen molar-refractivity contribution in [1.29, 1.82) is 0 Å². The van der Waals surface area contributed by atoms with E-state index in [2.05, 4.69) is 18.2 Å². The van der Waals surface area contributed by atoms with Crippen molar-refractivity contribution in [3.63, 3.8) is 0 Å². The molecule has 56 valence electrons. The molecule has 0 amide bonds. The van der Waals surface area contributed by atoms with E-state index in [1.54, 1.807) is 13.1 Å². The van der Waals surface area contributed by atoms with Crippen LogP contribution in [0.1, 0.15) is 0 Å². The van der Waals surface area contributed by atoms with Crippen LogP contribution in [-0.4, -0.2) is 24.3 Å². The number of nitrogens with zero attached hydrogens (tertiary/aromatic N) is 2. The molecule has 2 N–H and O–H groups in total. The van der Waals surface area contributed by atoms with Crippen molar-refractivity contribution in [2.24, 2.45) is 10.8 Å². The molecule has 0 bridgehead atoms. The molecular formula is C7H13N3. The lowest BCUT2D eigenvalue weighted by Gasteiger charge is -2.07. The van der Waals surface area contributed by atoms with Gasteiger partial charge in [0.05, 0.1) is 12.3 Å². The SMILES string of the molecule is C=CN=C(C=C)CN(C)N. The van der Waals surface area contributed by atoms with Gasteiger partial charge in [0, 0.05) is 13.2 Å². The Morgan fingerprint density at radius 3 is 2.60 bits per heavy atom. The minimum atomic E-state index is 0.593. The molecule has 0 unspecified atom stereocenters. The van der Waals surface area contributed by atoms with Gasteiger partial charge < -0.3 is 0 Å². The van der Waals surface area contributed by atoms with Crippen molar-refractivity contribution in [1.82, 2.24) is 5.01 Å². The highest BCUT2D eigenvalue weighted by molar-refractivity contribution is 5.96. The smallest absolute Gasteiger partial charge is 0.0552 e. The number of hydrogen-bond donors (Lipinski definition) is 1. The number of nitrogens with two attached hydrogens (primary N) is 1. The second-order valence-electron chi connectivity index (χ2n) is 1.92. The monoisotopic (exact) mass is 139 g/mol. The zero-order valence-corrected chi connectivity index (χ0v) is 6.25. The van der Waals surface area contributed by atoms with Gasteiger partial charge in [-0.3, -0.25) is 10.8 Å². The topological polar surface area (TPSA) is 41.6 Å². The zero-order chi connectivity index (χ0) is 7.98. The predicted octanol–water partition coefficient (Wildman–Crippen LogP) is 0.562. The van der Waals surface area contributed by atoms with Crippen LogP contribution in [0.4, 0.5) is 0 Å². The molecule has 0 radical (unpaired) electrons. The van der Waals surface area contributed by atoms with Gasteiger partial charge in [-0.15, -0.1) is 0 Å². The Labute approximate surface area is 61.5 Å². The van der Waals surface area contributed by atoms with Gasteiger partial charge in [-0.25, -0.2) is 5.01 Å². The minimum absolute atomic E-state index is 0.593. The molecule has 0 aromatic heterocycles. The Kier molecular flexibility index (Phi) is 4.45. The van der Waals surface area contributed by atoms with Crippen LogP contribution in [0.25, 0.3) is 0 Å². The summed E-state index contributed by atoms with van der Waals surface area (Å²) in [5, 5.41) is 1.53. The average molecular weight is 139 g/mol. The van der Waals surface area contributed by atoms with E-state index in [0.717, 1.165) is 5.71 Å². The lowest BCUT2D eigenvalue weighted by atomic mass is 10.3. The zero-order valence-electron chi connectivity index (χ0n) is 6.25. The van der Waals surface area contributed by atoms with E-state index in [1.807, 2.05) is 0 Å². The summed E-state index contributed by atoms with van der Waals surface area (Å²) in [6.07, 6.45) is 3.13. The first-order chi connectivity index (χ1) is 4.70. The third kappa shape index (κ3) is 4.00. The van der Waals surface area contributed by atoms with Crippen molar-refractivity contribution < 1.29 is 0 Å². The molecule has 0 aliphatic rings. The van der Waals surface area contributed by atoms with Crippen molar-refractivity contribution in [3.8, 4) is 0 Å².